The highest BCUT2D eigenvalue weighted by Crippen LogP contribution is 2.27. The van der Waals surface area contributed by atoms with E-state index in [2.05, 4.69) is 0 Å². The highest BCUT2D eigenvalue weighted by molar-refractivity contribution is 5.22. The zero-order valence-corrected chi connectivity index (χ0v) is 10.1. The molecule has 1 aromatic carbocycles. The van der Waals surface area contributed by atoms with Crippen LogP contribution in [0.25, 0.3) is 0 Å². The number of rotatable bonds is 3. The fourth-order valence-corrected chi connectivity index (χ4v) is 2.49. The van der Waals surface area contributed by atoms with Gasteiger partial charge in [0.2, 0.25) is 0 Å². The van der Waals surface area contributed by atoms with Crippen molar-refractivity contribution in [1.82, 2.24) is 0 Å². The lowest BCUT2D eigenvalue weighted by molar-refractivity contribution is 0.129. The smallest absolute Gasteiger partial charge is 0.126 e. The van der Waals surface area contributed by atoms with E-state index in [0.717, 1.165) is 12.8 Å². The van der Waals surface area contributed by atoms with Crippen LogP contribution in [0.15, 0.2) is 24.3 Å². The van der Waals surface area contributed by atoms with Crippen LogP contribution in [-0.2, 0) is 0 Å². The van der Waals surface area contributed by atoms with Gasteiger partial charge in [0.1, 0.15) is 17.7 Å². The van der Waals surface area contributed by atoms with Crippen molar-refractivity contribution in [1.29, 1.82) is 0 Å². The summed E-state index contributed by atoms with van der Waals surface area (Å²) in [5.41, 5.74) is 5.79. The van der Waals surface area contributed by atoms with Gasteiger partial charge in [0, 0.05) is 12.0 Å². The minimum Gasteiger partial charge on any atom is -0.490 e. The van der Waals surface area contributed by atoms with Gasteiger partial charge >= 0.3 is 0 Å². The fraction of sp³-hybridized carbons (Fsp3) is 0.571. The Bertz CT molecular complexity index is 356. The third-order valence-electron chi connectivity index (χ3n) is 3.48. The summed E-state index contributed by atoms with van der Waals surface area (Å²) >= 11 is 0. The van der Waals surface area contributed by atoms with E-state index >= 15 is 0 Å². The van der Waals surface area contributed by atoms with Gasteiger partial charge in [-0.05, 0) is 37.9 Å². The third kappa shape index (κ3) is 3.43. The predicted molar refractivity (Wildman–Crippen MR) is 66.4 cm³/mol. The number of nitrogens with two attached hydrogens (primary N) is 1. The summed E-state index contributed by atoms with van der Waals surface area (Å²) in [5.74, 6) is 0.775. The lowest BCUT2D eigenvalue weighted by Crippen LogP contribution is -2.31. The summed E-state index contributed by atoms with van der Waals surface area (Å²) in [6.07, 6.45) is 5.94. The van der Waals surface area contributed by atoms with Gasteiger partial charge < -0.3 is 10.5 Å². The summed E-state index contributed by atoms with van der Waals surface area (Å²) in [6, 6.07) is 6.36. The van der Waals surface area contributed by atoms with Gasteiger partial charge in [-0.1, -0.05) is 18.9 Å². The molecule has 1 fully saturated rings. The number of benzene rings is 1. The molecule has 0 amide bonds. The summed E-state index contributed by atoms with van der Waals surface area (Å²) in [6.45, 7) is 0.653. The average molecular weight is 237 g/mol. The topological polar surface area (TPSA) is 35.2 Å². The number of hydrogen-bond acceptors (Lipinski definition) is 2. The number of hydrogen-bond donors (Lipinski definition) is 1. The second-order valence-corrected chi connectivity index (χ2v) is 4.75. The third-order valence-corrected chi connectivity index (χ3v) is 3.48. The molecule has 0 aromatic heterocycles. The normalized spacial score (nSPS) is 25.3. The van der Waals surface area contributed by atoms with Gasteiger partial charge in [-0.3, -0.25) is 0 Å². The van der Waals surface area contributed by atoms with E-state index in [1.54, 1.807) is 6.07 Å². The van der Waals surface area contributed by atoms with Gasteiger partial charge in [-0.2, -0.15) is 0 Å². The minimum absolute atomic E-state index is 0.143. The molecule has 2 atom stereocenters. The summed E-state index contributed by atoms with van der Waals surface area (Å²) in [7, 11) is 0. The Balaban J connectivity index is 2.04. The summed E-state index contributed by atoms with van der Waals surface area (Å²) in [4.78, 5) is 0. The molecule has 2 nitrogen and oxygen atoms in total. The van der Waals surface area contributed by atoms with Crippen LogP contribution in [0.1, 0.15) is 32.1 Å². The standard InChI is InChI=1S/C14H20FNO/c15-12-6-4-7-13(9-12)17-14-8-3-1-2-5-11(14)10-16/h4,6-7,9,11,14H,1-3,5,8,10,16H2. The van der Waals surface area contributed by atoms with Crippen molar-refractivity contribution in [3.8, 4) is 5.75 Å². The molecule has 3 heteroatoms. The molecule has 2 rings (SSSR count). The van der Waals surface area contributed by atoms with Crippen molar-refractivity contribution in [3.63, 3.8) is 0 Å². The van der Waals surface area contributed by atoms with Crippen LogP contribution in [0.4, 0.5) is 4.39 Å². The second-order valence-electron chi connectivity index (χ2n) is 4.75. The van der Waals surface area contributed by atoms with Crippen LogP contribution in [0.5, 0.6) is 5.75 Å². The average Bonchev–Trinajstić information content (AvgIpc) is 2.54. The minimum atomic E-state index is -0.250. The molecule has 0 spiro atoms. The Morgan fingerprint density at radius 3 is 2.82 bits per heavy atom. The van der Waals surface area contributed by atoms with Crippen molar-refractivity contribution in [2.75, 3.05) is 6.54 Å². The molecule has 1 aliphatic rings. The largest absolute Gasteiger partial charge is 0.490 e. The van der Waals surface area contributed by atoms with Crippen LogP contribution in [0.3, 0.4) is 0 Å². The Morgan fingerprint density at radius 2 is 2.06 bits per heavy atom. The first-order valence-electron chi connectivity index (χ1n) is 6.42. The van der Waals surface area contributed by atoms with E-state index in [1.807, 2.05) is 6.07 Å². The molecule has 2 N–H and O–H groups in total. The van der Waals surface area contributed by atoms with Gasteiger partial charge in [0.05, 0.1) is 0 Å². The SMILES string of the molecule is NCC1CCCCCC1Oc1cccc(F)c1. The van der Waals surface area contributed by atoms with Crippen molar-refractivity contribution < 1.29 is 9.13 Å². The lowest BCUT2D eigenvalue weighted by atomic mass is 9.97. The molecule has 0 aliphatic heterocycles. The van der Waals surface area contributed by atoms with Gasteiger partial charge in [0.15, 0.2) is 0 Å². The Morgan fingerprint density at radius 1 is 1.24 bits per heavy atom. The predicted octanol–water partition coefficient (Wildman–Crippen LogP) is 3.11. The van der Waals surface area contributed by atoms with E-state index < -0.39 is 0 Å². The van der Waals surface area contributed by atoms with E-state index in [9.17, 15) is 4.39 Å². The van der Waals surface area contributed by atoms with E-state index in [-0.39, 0.29) is 11.9 Å². The van der Waals surface area contributed by atoms with Gasteiger partial charge in [-0.25, -0.2) is 4.39 Å². The van der Waals surface area contributed by atoms with E-state index in [4.69, 9.17) is 10.5 Å². The summed E-state index contributed by atoms with van der Waals surface area (Å²) in [5, 5.41) is 0. The zero-order valence-electron chi connectivity index (χ0n) is 10.1. The van der Waals surface area contributed by atoms with Crippen LogP contribution >= 0.6 is 0 Å². The monoisotopic (exact) mass is 237 g/mol. The second kappa shape index (κ2) is 6.01. The first-order valence-corrected chi connectivity index (χ1v) is 6.42. The summed E-state index contributed by atoms with van der Waals surface area (Å²) < 4.78 is 19.0. The molecule has 0 heterocycles. The molecule has 2 unspecified atom stereocenters. The van der Waals surface area contributed by atoms with Crippen LogP contribution < -0.4 is 10.5 Å². The van der Waals surface area contributed by atoms with Crippen molar-refractivity contribution >= 4 is 0 Å². The lowest BCUT2D eigenvalue weighted by Gasteiger charge is -2.25. The zero-order chi connectivity index (χ0) is 12.1. The molecular weight excluding hydrogens is 217 g/mol. The highest BCUT2D eigenvalue weighted by Gasteiger charge is 2.24. The molecule has 1 saturated carbocycles. The first kappa shape index (κ1) is 12.4. The maximum Gasteiger partial charge on any atom is 0.126 e. The quantitative estimate of drug-likeness (QED) is 0.820. The van der Waals surface area contributed by atoms with Crippen molar-refractivity contribution in [2.24, 2.45) is 11.7 Å². The molecule has 17 heavy (non-hydrogen) atoms. The number of halogens is 1. The van der Waals surface area contributed by atoms with Crippen molar-refractivity contribution in [3.05, 3.63) is 30.1 Å². The van der Waals surface area contributed by atoms with Crippen LogP contribution in [0.2, 0.25) is 0 Å². The molecule has 0 radical (unpaired) electrons. The van der Waals surface area contributed by atoms with Gasteiger partial charge in [0.25, 0.3) is 0 Å². The maximum atomic E-state index is 13.1. The van der Waals surface area contributed by atoms with E-state index in [0.29, 0.717) is 18.2 Å². The molecule has 1 aliphatic carbocycles. The maximum absolute atomic E-state index is 13.1. The fourth-order valence-electron chi connectivity index (χ4n) is 2.49. The highest BCUT2D eigenvalue weighted by atomic mass is 19.1. The van der Waals surface area contributed by atoms with Gasteiger partial charge in [-0.15, -0.1) is 0 Å². The molecule has 1 aromatic rings. The van der Waals surface area contributed by atoms with Crippen LogP contribution in [-0.4, -0.2) is 12.6 Å². The molecule has 94 valence electrons. The number of ether oxygens (including phenoxy) is 1. The Hall–Kier alpha value is -1.09. The molecule has 0 saturated heterocycles. The Kier molecular flexibility index (Phi) is 4.37. The first-order chi connectivity index (χ1) is 8.29. The van der Waals surface area contributed by atoms with E-state index in [1.165, 1.54) is 31.4 Å². The molecular formula is C14H20FNO. The Labute approximate surface area is 102 Å². The van der Waals surface area contributed by atoms with Crippen LogP contribution in [0, 0.1) is 11.7 Å². The molecule has 0 bridgehead atoms. The van der Waals surface area contributed by atoms with Crippen molar-refractivity contribution in [2.45, 2.75) is 38.2 Å².